The van der Waals surface area contributed by atoms with Crippen LogP contribution < -0.4 is 16.0 Å². The minimum Gasteiger partial charge on any atom is -0.381 e. The van der Waals surface area contributed by atoms with Crippen LogP contribution in [0.2, 0.25) is 5.02 Å². The van der Waals surface area contributed by atoms with Crippen LogP contribution in [0.25, 0.3) is 11.3 Å². The summed E-state index contributed by atoms with van der Waals surface area (Å²) in [5.41, 5.74) is 1.48. The Hall–Kier alpha value is -2.22. The molecule has 2 aliphatic heterocycles. The summed E-state index contributed by atoms with van der Waals surface area (Å²) in [5.74, 6) is 1.82. The average Bonchev–Trinajstić information content (AvgIpc) is 3.30. The summed E-state index contributed by atoms with van der Waals surface area (Å²) >= 11 is 6.38. The highest BCUT2D eigenvalue weighted by Crippen LogP contribution is 2.29. The lowest BCUT2D eigenvalue weighted by molar-refractivity contribution is -0.117. The normalized spacial score (nSPS) is 19.8. The fraction of sp³-hybridized carbons (Fsp3) is 0.476. The van der Waals surface area contributed by atoms with Crippen LogP contribution in [0.5, 0.6) is 0 Å². The summed E-state index contributed by atoms with van der Waals surface area (Å²) in [6.07, 6.45) is 5.55. The van der Waals surface area contributed by atoms with Crippen molar-refractivity contribution in [2.24, 2.45) is 5.92 Å². The number of nitrogens with zero attached hydrogens (tertiary/aromatic N) is 2. The van der Waals surface area contributed by atoms with E-state index in [0.717, 1.165) is 69.1 Å². The Morgan fingerprint density at radius 1 is 1.24 bits per heavy atom. The van der Waals surface area contributed by atoms with E-state index in [0.29, 0.717) is 16.8 Å². The first-order chi connectivity index (χ1) is 14.2. The van der Waals surface area contributed by atoms with Gasteiger partial charge in [0, 0.05) is 31.5 Å². The summed E-state index contributed by atoms with van der Waals surface area (Å²) in [6.45, 7) is 3.41. The number of rotatable bonds is 6. The molecule has 4 rings (SSSR count). The number of hydrogen-bond acceptors (Lipinski definition) is 6. The Labute approximate surface area is 175 Å². The molecule has 1 amide bonds. The fourth-order valence-corrected chi connectivity index (χ4v) is 3.91. The Morgan fingerprint density at radius 3 is 2.90 bits per heavy atom. The van der Waals surface area contributed by atoms with Crippen molar-refractivity contribution < 1.29 is 9.53 Å². The highest BCUT2D eigenvalue weighted by Gasteiger charge is 2.22. The summed E-state index contributed by atoms with van der Waals surface area (Å²) in [5, 5.41) is 9.99. The molecule has 0 radical (unpaired) electrons. The second-order valence-electron chi connectivity index (χ2n) is 7.53. The molecule has 8 heteroatoms. The van der Waals surface area contributed by atoms with Gasteiger partial charge in [-0.05, 0) is 56.3 Å². The molecule has 0 aromatic carbocycles. The first-order valence-corrected chi connectivity index (χ1v) is 10.6. The molecule has 3 N–H and O–H groups in total. The van der Waals surface area contributed by atoms with E-state index in [-0.39, 0.29) is 11.9 Å². The summed E-state index contributed by atoms with van der Waals surface area (Å²) in [7, 11) is 0. The van der Waals surface area contributed by atoms with Gasteiger partial charge >= 0.3 is 0 Å². The molecule has 4 heterocycles. The van der Waals surface area contributed by atoms with Gasteiger partial charge in [-0.1, -0.05) is 17.7 Å². The van der Waals surface area contributed by atoms with Crippen LogP contribution in [0.3, 0.4) is 0 Å². The predicted molar refractivity (Wildman–Crippen MR) is 114 cm³/mol. The second-order valence-corrected chi connectivity index (χ2v) is 7.94. The van der Waals surface area contributed by atoms with E-state index in [2.05, 4.69) is 20.9 Å². The van der Waals surface area contributed by atoms with Gasteiger partial charge in [0.2, 0.25) is 5.91 Å². The fourth-order valence-electron chi connectivity index (χ4n) is 3.71. The van der Waals surface area contributed by atoms with E-state index < -0.39 is 0 Å². The zero-order valence-electron chi connectivity index (χ0n) is 16.3. The van der Waals surface area contributed by atoms with E-state index in [1.807, 2.05) is 18.2 Å². The zero-order chi connectivity index (χ0) is 20.1. The van der Waals surface area contributed by atoms with Gasteiger partial charge in [0.05, 0.1) is 16.8 Å². The number of pyridine rings is 2. The zero-order valence-corrected chi connectivity index (χ0v) is 17.0. The molecular formula is C21H26ClN5O2. The van der Waals surface area contributed by atoms with Gasteiger partial charge in [0.25, 0.3) is 0 Å². The smallest absolute Gasteiger partial charge is 0.242 e. The van der Waals surface area contributed by atoms with Gasteiger partial charge in [-0.15, -0.1) is 0 Å². The van der Waals surface area contributed by atoms with Crippen LogP contribution in [0.1, 0.15) is 25.7 Å². The number of ether oxygens (including phenoxy) is 1. The van der Waals surface area contributed by atoms with Crippen LogP contribution in [-0.4, -0.2) is 48.2 Å². The van der Waals surface area contributed by atoms with E-state index in [1.165, 1.54) is 0 Å². The lowest BCUT2D eigenvalue weighted by Gasteiger charge is -2.22. The summed E-state index contributed by atoms with van der Waals surface area (Å²) < 4.78 is 5.42. The standard InChI is InChI=1S/C21H26ClN5O2/c22-16-13-25-20(27-21(28)18-4-2-8-23-18)11-15(16)17-3-1-5-19(26-17)24-12-14-6-9-29-10-7-14/h1,3,5,11,13-14,18,23H,2,4,6-10,12H2,(H,24,26)(H,25,27,28)/t18-/m0/s1. The van der Waals surface area contributed by atoms with Crippen molar-refractivity contribution >= 4 is 29.1 Å². The van der Waals surface area contributed by atoms with Crippen LogP contribution in [-0.2, 0) is 9.53 Å². The molecular weight excluding hydrogens is 390 g/mol. The number of carbonyl (C=O) groups is 1. The van der Waals surface area contributed by atoms with Crippen molar-refractivity contribution in [3.8, 4) is 11.3 Å². The molecule has 7 nitrogen and oxygen atoms in total. The molecule has 2 aliphatic rings. The second kappa shape index (κ2) is 9.52. The van der Waals surface area contributed by atoms with E-state index in [1.54, 1.807) is 12.3 Å². The number of nitrogens with one attached hydrogen (secondary N) is 3. The quantitative estimate of drug-likeness (QED) is 0.670. The SMILES string of the molecule is O=C(Nc1cc(-c2cccc(NCC3CCOCC3)n2)c(Cl)cn1)[C@@H]1CCCN1. The van der Waals surface area contributed by atoms with Crippen LogP contribution in [0, 0.1) is 5.92 Å². The molecule has 0 bridgehead atoms. The monoisotopic (exact) mass is 415 g/mol. The van der Waals surface area contributed by atoms with E-state index in [4.69, 9.17) is 21.3 Å². The Bertz CT molecular complexity index is 851. The largest absolute Gasteiger partial charge is 0.381 e. The molecule has 0 unspecified atom stereocenters. The molecule has 2 aromatic heterocycles. The first kappa shape index (κ1) is 20.1. The topological polar surface area (TPSA) is 88.2 Å². The highest BCUT2D eigenvalue weighted by atomic mass is 35.5. The molecule has 154 valence electrons. The molecule has 2 saturated heterocycles. The lowest BCUT2D eigenvalue weighted by Crippen LogP contribution is -2.35. The number of carbonyl (C=O) groups excluding carboxylic acids is 1. The predicted octanol–water partition coefficient (Wildman–Crippen LogP) is 3.33. The number of hydrogen-bond donors (Lipinski definition) is 3. The lowest BCUT2D eigenvalue weighted by atomic mass is 10.0. The van der Waals surface area contributed by atoms with Crippen molar-refractivity contribution in [2.45, 2.75) is 31.7 Å². The molecule has 0 spiro atoms. The van der Waals surface area contributed by atoms with Gasteiger partial charge < -0.3 is 20.7 Å². The number of amides is 1. The van der Waals surface area contributed by atoms with Crippen LogP contribution in [0.4, 0.5) is 11.6 Å². The van der Waals surface area contributed by atoms with Crippen molar-refractivity contribution in [3.05, 3.63) is 35.5 Å². The maximum Gasteiger partial charge on any atom is 0.242 e. The Morgan fingerprint density at radius 2 is 2.10 bits per heavy atom. The van der Waals surface area contributed by atoms with Gasteiger partial charge in [-0.3, -0.25) is 4.79 Å². The molecule has 0 saturated carbocycles. The average molecular weight is 416 g/mol. The van der Waals surface area contributed by atoms with Gasteiger partial charge in [0.1, 0.15) is 11.6 Å². The maximum absolute atomic E-state index is 12.4. The van der Waals surface area contributed by atoms with Crippen molar-refractivity contribution in [3.63, 3.8) is 0 Å². The minimum atomic E-state index is -0.160. The third kappa shape index (κ3) is 5.23. The van der Waals surface area contributed by atoms with E-state index >= 15 is 0 Å². The Kier molecular flexibility index (Phi) is 6.59. The Balaban J connectivity index is 1.46. The first-order valence-electron chi connectivity index (χ1n) is 10.2. The molecule has 0 aliphatic carbocycles. The minimum absolute atomic E-state index is 0.0666. The number of aromatic nitrogens is 2. The third-order valence-corrected chi connectivity index (χ3v) is 5.72. The third-order valence-electron chi connectivity index (χ3n) is 5.42. The van der Waals surface area contributed by atoms with Gasteiger partial charge in [0.15, 0.2) is 0 Å². The summed E-state index contributed by atoms with van der Waals surface area (Å²) in [4.78, 5) is 21.3. The van der Waals surface area contributed by atoms with Crippen molar-refractivity contribution in [2.75, 3.05) is 36.9 Å². The van der Waals surface area contributed by atoms with Crippen LogP contribution in [0.15, 0.2) is 30.5 Å². The molecule has 1 atom stereocenters. The number of anilines is 2. The molecule has 29 heavy (non-hydrogen) atoms. The van der Waals surface area contributed by atoms with Crippen molar-refractivity contribution in [1.29, 1.82) is 0 Å². The maximum atomic E-state index is 12.4. The van der Waals surface area contributed by atoms with Crippen molar-refractivity contribution in [1.82, 2.24) is 15.3 Å². The molecule has 2 fully saturated rings. The highest BCUT2D eigenvalue weighted by molar-refractivity contribution is 6.33. The number of halogens is 1. The van der Waals surface area contributed by atoms with Crippen LogP contribution >= 0.6 is 11.6 Å². The summed E-state index contributed by atoms with van der Waals surface area (Å²) in [6, 6.07) is 7.43. The van der Waals surface area contributed by atoms with Gasteiger partial charge in [-0.2, -0.15) is 0 Å². The van der Waals surface area contributed by atoms with E-state index in [9.17, 15) is 4.79 Å². The van der Waals surface area contributed by atoms with Gasteiger partial charge in [-0.25, -0.2) is 9.97 Å². The molecule has 2 aromatic rings.